The lowest BCUT2D eigenvalue weighted by Gasteiger charge is -2.19. The predicted molar refractivity (Wildman–Crippen MR) is 59.3 cm³/mol. The van der Waals surface area contributed by atoms with Crippen LogP contribution in [-0.4, -0.2) is 6.04 Å². The van der Waals surface area contributed by atoms with Gasteiger partial charge in [-0.25, -0.2) is 4.39 Å². The summed E-state index contributed by atoms with van der Waals surface area (Å²) in [5.74, 6) is 0.0787. The zero-order valence-electron chi connectivity index (χ0n) is 8.64. The Hall–Kier alpha value is -0.760. The molecule has 0 saturated carbocycles. The fourth-order valence-corrected chi connectivity index (χ4v) is 1.20. The highest BCUT2D eigenvalue weighted by atomic mass is 35.5. The first-order valence-corrected chi connectivity index (χ1v) is 5.10. The van der Waals surface area contributed by atoms with E-state index in [9.17, 15) is 4.39 Å². The second-order valence-corrected chi connectivity index (χ2v) is 4.19. The maximum absolute atomic E-state index is 13.4. The van der Waals surface area contributed by atoms with Gasteiger partial charge in [0.1, 0.15) is 0 Å². The number of nitrogens with one attached hydrogen (secondary N) is 1. The van der Waals surface area contributed by atoms with Crippen LogP contribution >= 0.6 is 11.6 Å². The summed E-state index contributed by atoms with van der Waals surface area (Å²) in [6.07, 6.45) is 0. The Bertz CT molecular complexity index is 312. The average molecular weight is 216 g/mol. The fourth-order valence-electron chi connectivity index (χ4n) is 1.03. The van der Waals surface area contributed by atoms with Crippen molar-refractivity contribution in [2.75, 3.05) is 5.32 Å². The van der Waals surface area contributed by atoms with Crippen LogP contribution in [0, 0.1) is 11.7 Å². The van der Waals surface area contributed by atoms with Crippen LogP contribution in [0.4, 0.5) is 10.1 Å². The van der Waals surface area contributed by atoms with Crippen molar-refractivity contribution in [2.24, 2.45) is 5.92 Å². The molecule has 0 aliphatic rings. The van der Waals surface area contributed by atoms with Gasteiger partial charge in [-0.15, -0.1) is 0 Å². The second kappa shape index (κ2) is 4.65. The molecule has 1 unspecified atom stereocenters. The van der Waals surface area contributed by atoms with Gasteiger partial charge in [0.25, 0.3) is 0 Å². The molecule has 0 heterocycles. The van der Waals surface area contributed by atoms with Crippen molar-refractivity contribution in [3.63, 3.8) is 0 Å². The minimum absolute atomic E-state index is 0.158. The molecule has 1 aromatic rings. The molecule has 0 bridgehead atoms. The van der Waals surface area contributed by atoms with Crippen molar-refractivity contribution in [2.45, 2.75) is 26.8 Å². The Labute approximate surface area is 89.3 Å². The van der Waals surface area contributed by atoms with Gasteiger partial charge in [0.2, 0.25) is 0 Å². The first-order chi connectivity index (χ1) is 6.52. The van der Waals surface area contributed by atoms with Crippen molar-refractivity contribution >= 4 is 17.3 Å². The number of hydrogen-bond acceptors (Lipinski definition) is 1. The van der Waals surface area contributed by atoms with Crippen LogP contribution in [0.2, 0.25) is 5.02 Å². The summed E-state index contributed by atoms with van der Waals surface area (Å²) in [6.45, 7) is 6.19. The molecule has 0 fully saturated rings. The van der Waals surface area contributed by atoms with E-state index in [4.69, 9.17) is 11.6 Å². The van der Waals surface area contributed by atoms with Gasteiger partial charge in [0, 0.05) is 6.04 Å². The van der Waals surface area contributed by atoms with Crippen LogP contribution in [0.1, 0.15) is 20.8 Å². The van der Waals surface area contributed by atoms with Gasteiger partial charge >= 0.3 is 0 Å². The van der Waals surface area contributed by atoms with E-state index in [1.54, 1.807) is 18.2 Å². The van der Waals surface area contributed by atoms with E-state index in [0.29, 0.717) is 11.6 Å². The first-order valence-electron chi connectivity index (χ1n) is 4.73. The summed E-state index contributed by atoms with van der Waals surface area (Å²) < 4.78 is 13.4. The topological polar surface area (TPSA) is 12.0 Å². The van der Waals surface area contributed by atoms with E-state index in [-0.39, 0.29) is 16.9 Å². The minimum atomic E-state index is -0.373. The SMILES string of the molecule is CC(C)C(C)Nc1cccc(Cl)c1F. The Morgan fingerprint density at radius 3 is 2.50 bits per heavy atom. The van der Waals surface area contributed by atoms with Crippen molar-refractivity contribution in [3.8, 4) is 0 Å². The molecular weight excluding hydrogens is 201 g/mol. The lowest BCUT2D eigenvalue weighted by atomic mass is 10.1. The van der Waals surface area contributed by atoms with Crippen molar-refractivity contribution < 1.29 is 4.39 Å². The smallest absolute Gasteiger partial charge is 0.164 e. The van der Waals surface area contributed by atoms with Gasteiger partial charge in [0.05, 0.1) is 10.7 Å². The molecule has 1 atom stereocenters. The Balaban J connectivity index is 2.82. The van der Waals surface area contributed by atoms with Crippen LogP contribution in [0.15, 0.2) is 18.2 Å². The standard InChI is InChI=1S/C11H15ClFN/c1-7(2)8(3)14-10-6-4-5-9(12)11(10)13/h4-8,14H,1-3H3. The first kappa shape index (κ1) is 11.3. The zero-order chi connectivity index (χ0) is 10.7. The van der Waals surface area contributed by atoms with Crippen LogP contribution < -0.4 is 5.32 Å². The fraction of sp³-hybridized carbons (Fsp3) is 0.455. The third-order valence-corrected chi connectivity index (χ3v) is 2.63. The monoisotopic (exact) mass is 215 g/mol. The lowest BCUT2D eigenvalue weighted by molar-refractivity contribution is 0.552. The molecule has 1 nitrogen and oxygen atoms in total. The van der Waals surface area contributed by atoms with Gasteiger partial charge < -0.3 is 5.32 Å². The van der Waals surface area contributed by atoms with Crippen LogP contribution in [0.3, 0.4) is 0 Å². The predicted octanol–water partition coefficient (Wildman–Crippen LogP) is 3.94. The summed E-state index contributed by atoms with van der Waals surface area (Å²) in [6, 6.07) is 5.20. The quantitative estimate of drug-likeness (QED) is 0.806. The van der Waals surface area contributed by atoms with Gasteiger partial charge in [-0.2, -0.15) is 0 Å². The maximum atomic E-state index is 13.4. The van der Waals surface area contributed by atoms with E-state index < -0.39 is 0 Å². The molecule has 3 heteroatoms. The van der Waals surface area contributed by atoms with E-state index in [1.807, 2.05) is 6.92 Å². The van der Waals surface area contributed by atoms with Crippen LogP contribution in [0.25, 0.3) is 0 Å². The van der Waals surface area contributed by atoms with Crippen LogP contribution in [0.5, 0.6) is 0 Å². The highest BCUT2D eigenvalue weighted by molar-refractivity contribution is 6.31. The van der Waals surface area contributed by atoms with Crippen LogP contribution in [-0.2, 0) is 0 Å². The molecule has 0 saturated heterocycles. The molecule has 0 aliphatic heterocycles. The Kier molecular flexibility index (Phi) is 3.76. The summed E-state index contributed by atoms with van der Waals surface area (Å²) in [5, 5.41) is 3.25. The molecule has 1 aromatic carbocycles. The summed E-state index contributed by atoms with van der Waals surface area (Å²) in [7, 11) is 0. The molecule has 0 aliphatic carbocycles. The Morgan fingerprint density at radius 2 is 1.93 bits per heavy atom. The third-order valence-electron chi connectivity index (χ3n) is 2.33. The van der Waals surface area contributed by atoms with E-state index >= 15 is 0 Å². The van der Waals surface area contributed by atoms with Crippen molar-refractivity contribution in [1.29, 1.82) is 0 Å². The summed E-state index contributed by atoms with van der Waals surface area (Å²) in [4.78, 5) is 0. The molecule has 78 valence electrons. The van der Waals surface area contributed by atoms with Crippen molar-refractivity contribution in [3.05, 3.63) is 29.0 Å². The van der Waals surface area contributed by atoms with Gasteiger partial charge in [-0.3, -0.25) is 0 Å². The number of anilines is 1. The highest BCUT2D eigenvalue weighted by Gasteiger charge is 2.11. The molecule has 0 aromatic heterocycles. The Morgan fingerprint density at radius 1 is 1.29 bits per heavy atom. The molecular formula is C11H15ClFN. The minimum Gasteiger partial charge on any atom is -0.380 e. The molecule has 1 rings (SSSR count). The van der Waals surface area contributed by atoms with Gasteiger partial charge in [0.15, 0.2) is 5.82 Å². The summed E-state index contributed by atoms with van der Waals surface area (Å²) in [5.41, 5.74) is 0.471. The molecule has 1 N–H and O–H groups in total. The largest absolute Gasteiger partial charge is 0.380 e. The molecule has 0 radical (unpaired) electrons. The molecule has 0 amide bonds. The van der Waals surface area contributed by atoms with Gasteiger partial charge in [-0.05, 0) is 25.0 Å². The van der Waals surface area contributed by atoms with E-state index in [0.717, 1.165) is 0 Å². The molecule has 14 heavy (non-hydrogen) atoms. The van der Waals surface area contributed by atoms with Gasteiger partial charge in [-0.1, -0.05) is 31.5 Å². The number of halogens is 2. The average Bonchev–Trinajstić information content (AvgIpc) is 2.12. The second-order valence-electron chi connectivity index (χ2n) is 3.78. The van der Waals surface area contributed by atoms with E-state index in [2.05, 4.69) is 19.2 Å². The molecule has 0 spiro atoms. The number of benzene rings is 1. The van der Waals surface area contributed by atoms with E-state index in [1.165, 1.54) is 0 Å². The third kappa shape index (κ3) is 2.61. The summed E-state index contributed by atoms with van der Waals surface area (Å²) >= 11 is 5.66. The number of hydrogen-bond donors (Lipinski definition) is 1. The number of rotatable bonds is 3. The lowest BCUT2D eigenvalue weighted by Crippen LogP contribution is -2.22. The van der Waals surface area contributed by atoms with Crippen molar-refractivity contribution in [1.82, 2.24) is 0 Å². The zero-order valence-corrected chi connectivity index (χ0v) is 9.40. The maximum Gasteiger partial charge on any atom is 0.164 e. The highest BCUT2D eigenvalue weighted by Crippen LogP contribution is 2.23. The normalized spacial score (nSPS) is 13.0.